The van der Waals surface area contributed by atoms with Gasteiger partial charge in [0.25, 0.3) is 0 Å². The van der Waals surface area contributed by atoms with Crippen LogP contribution >= 0.6 is 11.8 Å². The minimum Gasteiger partial charge on any atom is -0.326 e. The summed E-state index contributed by atoms with van der Waals surface area (Å²) in [5.41, 5.74) is -0.806. The summed E-state index contributed by atoms with van der Waals surface area (Å²) in [5.74, 6) is -0.782. The molecule has 1 saturated heterocycles. The molecular formula is C14H14F3N3O2S. The van der Waals surface area contributed by atoms with E-state index in [-0.39, 0.29) is 18.0 Å². The van der Waals surface area contributed by atoms with Gasteiger partial charge in [-0.25, -0.2) is 0 Å². The third-order valence-electron chi connectivity index (χ3n) is 3.18. The maximum Gasteiger partial charge on any atom is 0.416 e. The van der Waals surface area contributed by atoms with Crippen molar-refractivity contribution in [2.24, 2.45) is 4.99 Å². The molecule has 9 heteroatoms. The Morgan fingerprint density at radius 1 is 1.43 bits per heavy atom. The molecule has 1 atom stereocenters. The number of nitrogens with zero attached hydrogens (tertiary/aromatic N) is 2. The van der Waals surface area contributed by atoms with Crippen LogP contribution in [0.5, 0.6) is 0 Å². The van der Waals surface area contributed by atoms with Gasteiger partial charge >= 0.3 is 6.18 Å². The van der Waals surface area contributed by atoms with Crippen molar-refractivity contribution in [3.63, 3.8) is 0 Å². The van der Waals surface area contributed by atoms with E-state index in [1.54, 1.807) is 7.05 Å². The van der Waals surface area contributed by atoms with Crippen LogP contribution in [0.25, 0.3) is 0 Å². The maximum absolute atomic E-state index is 12.6. The predicted molar refractivity (Wildman–Crippen MR) is 82.2 cm³/mol. The third kappa shape index (κ3) is 4.04. The molecule has 1 aromatic carbocycles. The highest BCUT2D eigenvalue weighted by atomic mass is 32.2. The summed E-state index contributed by atoms with van der Waals surface area (Å²) in [6, 6.07) is 4.35. The lowest BCUT2D eigenvalue weighted by Crippen LogP contribution is -2.30. The number of halogens is 3. The van der Waals surface area contributed by atoms with Crippen molar-refractivity contribution in [1.82, 2.24) is 4.90 Å². The second kappa shape index (κ2) is 6.61. The third-order valence-corrected chi connectivity index (χ3v) is 4.50. The highest BCUT2D eigenvalue weighted by Crippen LogP contribution is 2.31. The van der Waals surface area contributed by atoms with E-state index in [4.69, 9.17) is 0 Å². The number of benzene rings is 1. The van der Waals surface area contributed by atoms with Crippen molar-refractivity contribution in [3.05, 3.63) is 29.8 Å². The molecule has 0 aromatic heterocycles. The van der Waals surface area contributed by atoms with Crippen molar-refractivity contribution >= 4 is 34.4 Å². The van der Waals surface area contributed by atoms with Crippen LogP contribution in [-0.2, 0) is 15.8 Å². The zero-order valence-corrected chi connectivity index (χ0v) is 13.2. The number of rotatable bonds is 3. The molecule has 2 rings (SSSR count). The van der Waals surface area contributed by atoms with E-state index in [1.807, 2.05) is 0 Å². The summed E-state index contributed by atoms with van der Waals surface area (Å²) in [6.07, 6.45) is -4.61. The molecule has 2 amide bonds. The maximum atomic E-state index is 12.6. The standard InChI is InChI=1S/C14H14F3N3O2S/c1-18-13-20(2)12(22)10(23-13)7-11(21)19-9-5-3-4-8(6-9)14(15,16)17/h3-6,10H,7H2,1-2H3,(H,19,21)/t10-/m1/s1. The number of aliphatic imine (C=N–C) groups is 1. The molecule has 0 aliphatic carbocycles. The van der Waals surface area contributed by atoms with Crippen LogP contribution in [0.2, 0.25) is 0 Å². The monoisotopic (exact) mass is 345 g/mol. The van der Waals surface area contributed by atoms with Gasteiger partial charge in [0.2, 0.25) is 11.8 Å². The Morgan fingerprint density at radius 2 is 2.13 bits per heavy atom. The zero-order chi connectivity index (χ0) is 17.2. The van der Waals surface area contributed by atoms with Crippen LogP contribution in [0.15, 0.2) is 29.3 Å². The van der Waals surface area contributed by atoms with Crippen molar-refractivity contribution in [2.45, 2.75) is 17.8 Å². The first-order valence-corrected chi connectivity index (χ1v) is 7.48. The second-order valence-electron chi connectivity index (χ2n) is 4.84. The van der Waals surface area contributed by atoms with E-state index in [1.165, 1.54) is 24.1 Å². The Kier molecular flexibility index (Phi) is 4.98. The van der Waals surface area contributed by atoms with E-state index < -0.39 is 22.9 Å². The van der Waals surface area contributed by atoms with Gasteiger partial charge in [-0.2, -0.15) is 13.2 Å². The molecule has 0 unspecified atom stereocenters. The summed E-state index contributed by atoms with van der Waals surface area (Å²) in [5, 5.41) is 2.27. The van der Waals surface area contributed by atoms with Crippen molar-refractivity contribution in [2.75, 3.05) is 19.4 Å². The number of hydrogen-bond donors (Lipinski definition) is 1. The van der Waals surface area contributed by atoms with Crippen LogP contribution in [-0.4, -0.2) is 41.2 Å². The average molecular weight is 345 g/mol. The molecule has 1 aliphatic heterocycles. The molecule has 1 heterocycles. The molecule has 5 nitrogen and oxygen atoms in total. The smallest absolute Gasteiger partial charge is 0.326 e. The molecular weight excluding hydrogens is 331 g/mol. The van der Waals surface area contributed by atoms with Gasteiger partial charge in [-0.3, -0.25) is 19.5 Å². The van der Waals surface area contributed by atoms with Crippen LogP contribution in [0, 0.1) is 0 Å². The normalized spacial score (nSPS) is 20.2. The highest BCUT2D eigenvalue weighted by Gasteiger charge is 2.36. The Hall–Kier alpha value is -2.03. The molecule has 124 valence electrons. The summed E-state index contributed by atoms with van der Waals surface area (Å²) in [4.78, 5) is 29.2. The van der Waals surface area contributed by atoms with Crippen LogP contribution in [0.3, 0.4) is 0 Å². The van der Waals surface area contributed by atoms with E-state index in [2.05, 4.69) is 10.3 Å². The Balaban J connectivity index is 2.02. The number of thioether (sulfide) groups is 1. The van der Waals surface area contributed by atoms with E-state index in [0.29, 0.717) is 5.17 Å². The molecule has 0 radical (unpaired) electrons. The van der Waals surface area contributed by atoms with Crippen LogP contribution < -0.4 is 5.32 Å². The van der Waals surface area contributed by atoms with Gasteiger partial charge in [0.1, 0.15) is 5.25 Å². The van der Waals surface area contributed by atoms with Crippen molar-refractivity contribution in [1.29, 1.82) is 0 Å². The SMILES string of the molecule is CN=C1S[C@H](CC(=O)Nc2cccc(C(F)(F)F)c2)C(=O)N1C. The quantitative estimate of drug-likeness (QED) is 0.916. The predicted octanol–water partition coefficient (Wildman–Crippen LogP) is 2.59. The summed E-state index contributed by atoms with van der Waals surface area (Å²) < 4.78 is 37.9. The minimum atomic E-state index is -4.48. The number of alkyl halides is 3. The lowest BCUT2D eigenvalue weighted by atomic mass is 10.2. The fourth-order valence-electron chi connectivity index (χ4n) is 2.05. The first-order chi connectivity index (χ1) is 10.7. The fraction of sp³-hybridized carbons (Fsp3) is 0.357. The molecule has 0 bridgehead atoms. The number of carbonyl (C=O) groups excluding carboxylic acids is 2. The van der Waals surface area contributed by atoms with Gasteiger partial charge in [0.05, 0.1) is 5.56 Å². The van der Waals surface area contributed by atoms with Gasteiger partial charge in [-0.1, -0.05) is 17.8 Å². The molecule has 0 spiro atoms. The summed E-state index contributed by atoms with van der Waals surface area (Å²) in [7, 11) is 3.10. The largest absolute Gasteiger partial charge is 0.416 e. The van der Waals surface area contributed by atoms with Gasteiger partial charge in [0, 0.05) is 26.2 Å². The van der Waals surface area contributed by atoms with Gasteiger partial charge < -0.3 is 5.32 Å². The lowest BCUT2D eigenvalue weighted by Gasteiger charge is -2.11. The summed E-state index contributed by atoms with van der Waals surface area (Å²) in [6.45, 7) is 0. The van der Waals surface area contributed by atoms with Gasteiger partial charge in [-0.05, 0) is 18.2 Å². The molecule has 1 N–H and O–H groups in total. The van der Waals surface area contributed by atoms with Crippen molar-refractivity contribution in [3.8, 4) is 0 Å². The van der Waals surface area contributed by atoms with Crippen LogP contribution in [0.4, 0.5) is 18.9 Å². The number of amidine groups is 1. The molecule has 0 saturated carbocycles. The molecule has 1 aromatic rings. The zero-order valence-electron chi connectivity index (χ0n) is 12.3. The number of carbonyl (C=O) groups is 2. The van der Waals surface area contributed by atoms with Crippen molar-refractivity contribution < 1.29 is 22.8 Å². The first kappa shape index (κ1) is 17.3. The van der Waals surface area contributed by atoms with Gasteiger partial charge in [0.15, 0.2) is 5.17 Å². The number of hydrogen-bond acceptors (Lipinski definition) is 4. The molecule has 23 heavy (non-hydrogen) atoms. The molecule has 1 fully saturated rings. The topological polar surface area (TPSA) is 61.8 Å². The highest BCUT2D eigenvalue weighted by molar-refractivity contribution is 8.15. The van der Waals surface area contributed by atoms with E-state index in [9.17, 15) is 22.8 Å². The Labute approximate surface area is 134 Å². The Morgan fingerprint density at radius 3 is 2.70 bits per heavy atom. The van der Waals surface area contributed by atoms with Crippen LogP contribution in [0.1, 0.15) is 12.0 Å². The van der Waals surface area contributed by atoms with Gasteiger partial charge in [-0.15, -0.1) is 0 Å². The van der Waals surface area contributed by atoms with E-state index in [0.717, 1.165) is 23.9 Å². The number of amides is 2. The first-order valence-electron chi connectivity index (χ1n) is 6.60. The number of anilines is 1. The lowest BCUT2D eigenvalue weighted by molar-refractivity contribution is -0.137. The fourth-order valence-corrected chi connectivity index (χ4v) is 3.15. The summed E-state index contributed by atoms with van der Waals surface area (Å²) >= 11 is 1.16. The Bertz CT molecular complexity index is 661. The average Bonchev–Trinajstić information content (AvgIpc) is 2.74. The second-order valence-corrected chi connectivity index (χ2v) is 6.01. The minimum absolute atomic E-state index is 0.0398. The van der Waals surface area contributed by atoms with E-state index >= 15 is 0 Å². The number of nitrogens with one attached hydrogen (secondary N) is 1. The molecule has 1 aliphatic rings.